The summed E-state index contributed by atoms with van der Waals surface area (Å²) in [4.78, 5) is 2.56. The van der Waals surface area contributed by atoms with Crippen LogP contribution in [0.5, 0.6) is 0 Å². The molecule has 2 unspecified atom stereocenters. The number of rotatable bonds is 4. The molecular weight excluding hydrogens is 220 g/mol. The lowest BCUT2D eigenvalue weighted by Gasteiger charge is -2.46. The van der Waals surface area contributed by atoms with Gasteiger partial charge in [0, 0.05) is 18.8 Å². The first-order valence-corrected chi connectivity index (χ1v) is 7.19. The highest BCUT2D eigenvalue weighted by Crippen LogP contribution is 2.42. The van der Waals surface area contributed by atoms with E-state index in [9.17, 15) is 0 Å². The molecule has 2 nitrogen and oxygen atoms in total. The third-order valence-electron chi connectivity index (χ3n) is 4.78. The molecule has 0 aliphatic heterocycles. The zero-order valence-corrected chi connectivity index (χ0v) is 11.9. The minimum atomic E-state index is 0.168. The SMILES string of the molecule is CCN(c1ccccc1C)C1(CN)CCCC1C. The van der Waals surface area contributed by atoms with Gasteiger partial charge in [0.1, 0.15) is 0 Å². The molecule has 1 aromatic carbocycles. The van der Waals surface area contributed by atoms with Crippen molar-refractivity contribution in [1.29, 1.82) is 0 Å². The quantitative estimate of drug-likeness (QED) is 0.883. The average Bonchev–Trinajstić information content (AvgIpc) is 2.75. The zero-order valence-electron chi connectivity index (χ0n) is 11.9. The van der Waals surface area contributed by atoms with Gasteiger partial charge in [0.2, 0.25) is 0 Å². The van der Waals surface area contributed by atoms with Gasteiger partial charge in [-0.3, -0.25) is 0 Å². The van der Waals surface area contributed by atoms with Gasteiger partial charge in [-0.25, -0.2) is 0 Å². The van der Waals surface area contributed by atoms with E-state index in [0.717, 1.165) is 13.1 Å². The van der Waals surface area contributed by atoms with Crippen molar-refractivity contribution in [3.8, 4) is 0 Å². The fourth-order valence-corrected chi connectivity index (χ4v) is 3.64. The van der Waals surface area contributed by atoms with Crippen molar-refractivity contribution in [3.05, 3.63) is 29.8 Å². The fraction of sp³-hybridized carbons (Fsp3) is 0.625. The van der Waals surface area contributed by atoms with Gasteiger partial charge in [0.05, 0.1) is 5.54 Å². The van der Waals surface area contributed by atoms with Crippen LogP contribution in [0.3, 0.4) is 0 Å². The summed E-state index contributed by atoms with van der Waals surface area (Å²) in [6.07, 6.45) is 3.84. The Hall–Kier alpha value is -1.02. The molecule has 0 bridgehead atoms. The summed E-state index contributed by atoms with van der Waals surface area (Å²) in [5, 5.41) is 0. The van der Waals surface area contributed by atoms with Crippen LogP contribution >= 0.6 is 0 Å². The molecule has 0 saturated heterocycles. The van der Waals surface area contributed by atoms with Crippen LogP contribution in [-0.2, 0) is 0 Å². The van der Waals surface area contributed by atoms with E-state index >= 15 is 0 Å². The number of hydrogen-bond acceptors (Lipinski definition) is 2. The van der Waals surface area contributed by atoms with Gasteiger partial charge in [-0.2, -0.15) is 0 Å². The van der Waals surface area contributed by atoms with E-state index in [-0.39, 0.29) is 5.54 Å². The molecule has 2 heteroatoms. The molecule has 2 rings (SSSR count). The Balaban J connectivity index is 2.41. The van der Waals surface area contributed by atoms with Crippen LogP contribution in [0.25, 0.3) is 0 Å². The Labute approximate surface area is 111 Å². The van der Waals surface area contributed by atoms with Crippen molar-refractivity contribution >= 4 is 5.69 Å². The summed E-state index contributed by atoms with van der Waals surface area (Å²) in [7, 11) is 0. The van der Waals surface area contributed by atoms with Crippen LogP contribution in [0.4, 0.5) is 5.69 Å². The summed E-state index contributed by atoms with van der Waals surface area (Å²) in [5.41, 5.74) is 9.06. The molecular formula is C16H26N2. The predicted molar refractivity (Wildman–Crippen MR) is 79.0 cm³/mol. The molecule has 0 spiro atoms. The van der Waals surface area contributed by atoms with Crippen LogP contribution < -0.4 is 10.6 Å². The van der Waals surface area contributed by atoms with E-state index in [1.165, 1.54) is 30.5 Å². The second kappa shape index (κ2) is 5.31. The van der Waals surface area contributed by atoms with Gasteiger partial charge >= 0.3 is 0 Å². The smallest absolute Gasteiger partial charge is 0.0549 e. The van der Waals surface area contributed by atoms with Crippen molar-refractivity contribution in [1.82, 2.24) is 0 Å². The van der Waals surface area contributed by atoms with Gasteiger partial charge in [-0.15, -0.1) is 0 Å². The number of hydrogen-bond donors (Lipinski definition) is 1. The second-order valence-electron chi connectivity index (χ2n) is 5.63. The number of likely N-dealkylation sites (N-methyl/N-ethyl adjacent to an activating group) is 1. The van der Waals surface area contributed by atoms with Crippen molar-refractivity contribution in [2.75, 3.05) is 18.0 Å². The standard InChI is InChI=1S/C16H26N2/c1-4-18(15-10-6-5-8-13(15)2)16(12-17)11-7-9-14(16)3/h5-6,8,10,14H,4,7,9,11-12,17H2,1-3H3. The van der Waals surface area contributed by atoms with Crippen LogP contribution in [0, 0.1) is 12.8 Å². The third kappa shape index (κ3) is 2.03. The predicted octanol–water partition coefficient (Wildman–Crippen LogP) is 3.34. The summed E-state index contributed by atoms with van der Waals surface area (Å²) in [6.45, 7) is 8.60. The maximum Gasteiger partial charge on any atom is 0.0549 e. The minimum absolute atomic E-state index is 0.168. The normalized spacial score (nSPS) is 27.4. The minimum Gasteiger partial charge on any atom is -0.364 e. The largest absolute Gasteiger partial charge is 0.364 e. The topological polar surface area (TPSA) is 29.3 Å². The molecule has 0 radical (unpaired) electrons. The Kier molecular flexibility index (Phi) is 3.96. The highest BCUT2D eigenvalue weighted by atomic mass is 15.2. The van der Waals surface area contributed by atoms with Crippen LogP contribution in [0.2, 0.25) is 0 Å². The summed E-state index contributed by atoms with van der Waals surface area (Å²) < 4.78 is 0. The van der Waals surface area contributed by atoms with Gasteiger partial charge in [-0.05, 0) is 44.2 Å². The van der Waals surface area contributed by atoms with Gasteiger partial charge in [0.15, 0.2) is 0 Å². The Morgan fingerprint density at radius 2 is 2.11 bits per heavy atom. The molecule has 1 aliphatic rings. The van der Waals surface area contributed by atoms with E-state index in [0.29, 0.717) is 5.92 Å². The van der Waals surface area contributed by atoms with Crippen molar-refractivity contribution in [2.45, 2.75) is 45.6 Å². The Morgan fingerprint density at radius 1 is 1.39 bits per heavy atom. The number of aryl methyl sites for hydroxylation is 1. The van der Waals surface area contributed by atoms with Crippen LogP contribution in [0.1, 0.15) is 38.7 Å². The maximum atomic E-state index is 6.18. The molecule has 18 heavy (non-hydrogen) atoms. The first-order valence-electron chi connectivity index (χ1n) is 7.19. The van der Waals surface area contributed by atoms with E-state index in [4.69, 9.17) is 5.73 Å². The van der Waals surface area contributed by atoms with Gasteiger partial charge in [0.25, 0.3) is 0 Å². The number of nitrogens with two attached hydrogens (primary N) is 1. The Bertz CT molecular complexity index is 402. The first kappa shape index (κ1) is 13.4. The number of anilines is 1. The molecule has 1 aromatic rings. The Morgan fingerprint density at radius 3 is 2.61 bits per heavy atom. The molecule has 0 amide bonds. The van der Waals surface area contributed by atoms with Crippen molar-refractivity contribution < 1.29 is 0 Å². The van der Waals surface area contributed by atoms with Gasteiger partial charge in [-0.1, -0.05) is 31.5 Å². The molecule has 2 atom stereocenters. The molecule has 0 heterocycles. The first-order chi connectivity index (χ1) is 8.65. The lowest BCUT2D eigenvalue weighted by Crippen LogP contribution is -2.56. The van der Waals surface area contributed by atoms with E-state index < -0.39 is 0 Å². The maximum absolute atomic E-state index is 6.18. The molecule has 2 N–H and O–H groups in total. The molecule has 100 valence electrons. The summed E-state index contributed by atoms with van der Waals surface area (Å²) in [5.74, 6) is 0.682. The molecule has 1 aliphatic carbocycles. The molecule has 1 saturated carbocycles. The lowest BCUT2D eigenvalue weighted by atomic mass is 9.85. The van der Waals surface area contributed by atoms with E-state index in [1.54, 1.807) is 0 Å². The van der Waals surface area contributed by atoms with Crippen LogP contribution in [-0.4, -0.2) is 18.6 Å². The fourth-order valence-electron chi connectivity index (χ4n) is 3.64. The molecule has 0 aromatic heterocycles. The number of nitrogens with zero attached hydrogens (tertiary/aromatic N) is 1. The highest BCUT2D eigenvalue weighted by molar-refractivity contribution is 5.55. The average molecular weight is 246 g/mol. The lowest BCUT2D eigenvalue weighted by molar-refractivity contribution is 0.320. The third-order valence-corrected chi connectivity index (χ3v) is 4.78. The van der Waals surface area contributed by atoms with Crippen molar-refractivity contribution in [2.24, 2.45) is 11.7 Å². The van der Waals surface area contributed by atoms with Crippen LogP contribution in [0.15, 0.2) is 24.3 Å². The second-order valence-corrected chi connectivity index (χ2v) is 5.63. The van der Waals surface area contributed by atoms with E-state index in [1.807, 2.05) is 0 Å². The highest BCUT2D eigenvalue weighted by Gasteiger charge is 2.43. The van der Waals surface area contributed by atoms with E-state index in [2.05, 4.69) is 49.9 Å². The van der Waals surface area contributed by atoms with Gasteiger partial charge < -0.3 is 10.6 Å². The monoisotopic (exact) mass is 246 g/mol. The number of benzene rings is 1. The summed E-state index contributed by atoms with van der Waals surface area (Å²) >= 11 is 0. The van der Waals surface area contributed by atoms with Crippen molar-refractivity contribution in [3.63, 3.8) is 0 Å². The molecule has 1 fully saturated rings. The zero-order chi connectivity index (χ0) is 13.2. The number of para-hydroxylation sites is 1. The summed E-state index contributed by atoms with van der Waals surface area (Å²) in [6, 6.07) is 8.68.